The summed E-state index contributed by atoms with van der Waals surface area (Å²) in [5.74, 6) is -1.12. The van der Waals surface area contributed by atoms with Crippen LogP contribution < -0.4 is 5.73 Å². The molecule has 0 aliphatic heterocycles. The Kier molecular flexibility index (Phi) is 2.99. The molecule has 1 aromatic carbocycles. The molecule has 0 aliphatic rings. The molecule has 0 spiro atoms. The monoisotopic (exact) mass is 271 g/mol. The summed E-state index contributed by atoms with van der Waals surface area (Å²) in [4.78, 5) is 0.870. The normalized spacial score (nSPS) is 11.7. The van der Waals surface area contributed by atoms with Gasteiger partial charge >= 0.3 is 0 Å². The fourth-order valence-corrected chi connectivity index (χ4v) is 2.74. The highest BCUT2D eigenvalue weighted by atomic mass is 32.2. The summed E-state index contributed by atoms with van der Waals surface area (Å²) in [5, 5.41) is 10.8. The Balaban J connectivity index is 2.39. The number of nitrogens with two attached hydrogens (primary N) is 1. The second kappa shape index (κ2) is 4.33. The van der Waals surface area contributed by atoms with Gasteiger partial charge in [-0.15, -0.1) is 10.2 Å². The van der Waals surface area contributed by atoms with Crippen LogP contribution in [0.15, 0.2) is 23.1 Å². The van der Waals surface area contributed by atoms with E-state index in [1.54, 1.807) is 0 Å². The second-order valence-electron chi connectivity index (χ2n) is 3.64. The Labute approximate surface area is 102 Å². The average molecular weight is 271 g/mol. The van der Waals surface area contributed by atoms with E-state index in [0.717, 1.165) is 16.9 Å². The number of nitrogens with zero attached hydrogens (tertiary/aromatic N) is 4. The van der Waals surface area contributed by atoms with Crippen molar-refractivity contribution in [2.24, 2.45) is 7.05 Å². The predicted molar refractivity (Wildman–Crippen MR) is 60.5 cm³/mol. The van der Waals surface area contributed by atoms with Crippen molar-refractivity contribution in [1.29, 1.82) is 0 Å². The van der Waals surface area contributed by atoms with E-state index in [9.17, 15) is 12.8 Å². The van der Waals surface area contributed by atoms with Crippen LogP contribution in [0.3, 0.4) is 0 Å². The number of hydrogen-bond donors (Lipinski definition) is 1. The molecule has 0 aliphatic carbocycles. The zero-order chi connectivity index (χ0) is 13.3. The molecular formula is C9H10FN5O2S. The first-order valence-corrected chi connectivity index (χ1v) is 6.54. The lowest BCUT2D eigenvalue weighted by molar-refractivity contribution is 0.589. The average Bonchev–Trinajstić information content (AvgIpc) is 2.66. The number of tetrazole rings is 1. The number of sulfone groups is 1. The number of aryl methyl sites for hydroxylation is 1. The van der Waals surface area contributed by atoms with Crippen molar-refractivity contribution in [3.8, 4) is 0 Å². The number of anilines is 1. The number of benzene rings is 1. The summed E-state index contributed by atoms with van der Waals surface area (Å²) < 4.78 is 37.1. The van der Waals surface area contributed by atoms with Gasteiger partial charge in [0.1, 0.15) is 11.6 Å². The molecule has 0 saturated carbocycles. The third-order valence-electron chi connectivity index (χ3n) is 2.18. The Morgan fingerprint density at radius 1 is 1.44 bits per heavy atom. The molecule has 0 unspecified atom stereocenters. The number of rotatable bonds is 3. The highest BCUT2D eigenvalue weighted by molar-refractivity contribution is 7.90. The van der Waals surface area contributed by atoms with Crippen LogP contribution in [0.4, 0.5) is 10.1 Å². The fourth-order valence-electron chi connectivity index (χ4n) is 1.41. The minimum absolute atomic E-state index is 0.0136. The van der Waals surface area contributed by atoms with E-state index in [1.807, 2.05) is 0 Å². The van der Waals surface area contributed by atoms with E-state index in [0.29, 0.717) is 0 Å². The Morgan fingerprint density at radius 2 is 2.17 bits per heavy atom. The standard InChI is InChI=1S/C9H10FN5O2S/c1-15-13-9(12-14-15)5-18(16,17)8-4-6(10)2-3-7(8)11/h2-4H,5,11H2,1H3. The molecule has 0 radical (unpaired) electrons. The Bertz CT molecular complexity index is 682. The molecule has 7 nitrogen and oxygen atoms in total. The lowest BCUT2D eigenvalue weighted by atomic mass is 10.3. The van der Waals surface area contributed by atoms with Gasteiger partial charge in [-0.1, -0.05) is 0 Å². The van der Waals surface area contributed by atoms with E-state index in [1.165, 1.54) is 13.1 Å². The van der Waals surface area contributed by atoms with Crippen molar-refractivity contribution in [2.45, 2.75) is 10.6 Å². The van der Waals surface area contributed by atoms with Gasteiger partial charge in [0.2, 0.25) is 0 Å². The molecule has 2 N–H and O–H groups in total. The van der Waals surface area contributed by atoms with Gasteiger partial charge in [-0.2, -0.15) is 4.80 Å². The maximum absolute atomic E-state index is 13.1. The number of aromatic nitrogens is 4. The number of hydrogen-bond acceptors (Lipinski definition) is 6. The van der Waals surface area contributed by atoms with Gasteiger partial charge in [0.05, 0.1) is 17.6 Å². The highest BCUT2D eigenvalue weighted by Gasteiger charge is 2.21. The van der Waals surface area contributed by atoms with Crippen molar-refractivity contribution in [3.63, 3.8) is 0 Å². The minimum Gasteiger partial charge on any atom is -0.398 e. The lowest BCUT2D eigenvalue weighted by Gasteiger charge is -2.05. The van der Waals surface area contributed by atoms with E-state index in [-0.39, 0.29) is 16.4 Å². The molecular weight excluding hydrogens is 261 g/mol. The molecule has 1 aromatic heterocycles. The summed E-state index contributed by atoms with van der Waals surface area (Å²) in [6.45, 7) is 0. The van der Waals surface area contributed by atoms with Crippen molar-refractivity contribution >= 4 is 15.5 Å². The zero-order valence-electron chi connectivity index (χ0n) is 9.41. The second-order valence-corrected chi connectivity index (χ2v) is 5.59. The number of halogens is 1. The SMILES string of the molecule is Cn1nnc(CS(=O)(=O)c2cc(F)ccc2N)n1. The molecule has 0 fully saturated rings. The van der Waals surface area contributed by atoms with Crippen LogP contribution in [0.1, 0.15) is 5.82 Å². The van der Waals surface area contributed by atoms with E-state index < -0.39 is 21.4 Å². The van der Waals surface area contributed by atoms with Crippen LogP contribution in [0.25, 0.3) is 0 Å². The molecule has 1 heterocycles. The van der Waals surface area contributed by atoms with Crippen molar-refractivity contribution in [2.75, 3.05) is 5.73 Å². The highest BCUT2D eigenvalue weighted by Crippen LogP contribution is 2.22. The van der Waals surface area contributed by atoms with Crippen LogP contribution in [-0.4, -0.2) is 28.6 Å². The quantitative estimate of drug-likeness (QED) is 0.782. The predicted octanol–water partition coefficient (Wildman–Crippen LogP) is -0.0947. The van der Waals surface area contributed by atoms with E-state index in [4.69, 9.17) is 5.73 Å². The fraction of sp³-hybridized carbons (Fsp3) is 0.222. The third-order valence-corrected chi connectivity index (χ3v) is 3.84. The number of nitrogen functional groups attached to an aromatic ring is 1. The van der Waals surface area contributed by atoms with Crippen molar-refractivity contribution in [1.82, 2.24) is 20.2 Å². The third kappa shape index (κ3) is 2.45. The Hall–Kier alpha value is -2.03. The van der Waals surface area contributed by atoms with Crippen LogP contribution >= 0.6 is 0 Å². The first-order valence-electron chi connectivity index (χ1n) is 4.89. The molecule has 2 aromatic rings. The summed E-state index contributed by atoms with van der Waals surface area (Å²) in [5.41, 5.74) is 5.51. The maximum atomic E-state index is 13.1. The molecule has 2 rings (SSSR count). The first-order chi connectivity index (χ1) is 8.38. The molecule has 9 heteroatoms. The van der Waals surface area contributed by atoms with Crippen molar-refractivity contribution < 1.29 is 12.8 Å². The van der Waals surface area contributed by atoms with Gasteiger partial charge in [-0.3, -0.25) is 0 Å². The summed E-state index contributed by atoms with van der Waals surface area (Å²) in [7, 11) is -2.28. The summed E-state index contributed by atoms with van der Waals surface area (Å²) in [6, 6.07) is 3.17. The topological polar surface area (TPSA) is 104 Å². The van der Waals surface area contributed by atoms with Gasteiger partial charge in [0.15, 0.2) is 15.7 Å². The van der Waals surface area contributed by atoms with Gasteiger partial charge < -0.3 is 5.73 Å². The maximum Gasteiger partial charge on any atom is 0.190 e. The van der Waals surface area contributed by atoms with Crippen LogP contribution in [-0.2, 0) is 22.6 Å². The van der Waals surface area contributed by atoms with Gasteiger partial charge in [-0.05, 0) is 23.4 Å². The van der Waals surface area contributed by atoms with Crippen LogP contribution in [0, 0.1) is 5.82 Å². The van der Waals surface area contributed by atoms with E-state index >= 15 is 0 Å². The largest absolute Gasteiger partial charge is 0.398 e. The van der Waals surface area contributed by atoms with E-state index in [2.05, 4.69) is 15.4 Å². The molecule has 0 bridgehead atoms. The lowest BCUT2D eigenvalue weighted by Crippen LogP contribution is -2.09. The van der Waals surface area contributed by atoms with Gasteiger partial charge in [0.25, 0.3) is 0 Å². The van der Waals surface area contributed by atoms with Crippen LogP contribution in [0.2, 0.25) is 0 Å². The zero-order valence-corrected chi connectivity index (χ0v) is 10.2. The summed E-state index contributed by atoms with van der Waals surface area (Å²) >= 11 is 0. The van der Waals surface area contributed by atoms with Crippen molar-refractivity contribution in [3.05, 3.63) is 29.8 Å². The van der Waals surface area contributed by atoms with Gasteiger partial charge in [-0.25, -0.2) is 12.8 Å². The van der Waals surface area contributed by atoms with Crippen LogP contribution in [0.5, 0.6) is 0 Å². The summed E-state index contributed by atoms with van der Waals surface area (Å²) in [6.07, 6.45) is 0. The minimum atomic E-state index is -3.80. The molecule has 96 valence electrons. The Morgan fingerprint density at radius 3 is 2.78 bits per heavy atom. The van der Waals surface area contributed by atoms with Gasteiger partial charge in [0, 0.05) is 0 Å². The molecule has 0 atom stereocenters. The molecule has 0 saturated heterocycles. The smallest absolute Gasteiger partial charge is 0.190 e. The molecule has 0 amide bonds. The molecule has 18 heavy (non-hydrogen) atoms. The first kappa shape index (κ1) is 12.4.